The summed E-state index contributed by atoms with van der Waals surface area (Å²) in [7, 11) is 7.20. The lowest BCUT2D eigenvalue weighted by Crippen LogP contribution is -2.35. The van der Waals surface area contributed by atoms with Crippen molar-refractivity contribution >= 4 is 23.8 Å². The predicted molar refractivity (Wildman–Crippen MR) is 160 cm³/mol. The van der Waals surface area contributed by atoms with Crippen LogP contribution in [0.4, 0.5) is 11.4 Å². The molecule has 0 radical (unpaired) electrons. The highest BCUT2D eigenvalue weighted by atomic mass is 16.5. The molecule has 40 heavy (non-hydrogen) atoms. The first-order valence-electron chi connectivity index (χ1n) is 13.4. The molecule has 8 nitrogen and oxygen atoms in total. The molecule has 206 valence electrons. The van der Waals surface area contributed by atoms with Gasteiger partial charge in [-0.2, -0.15) is 10.2 Å². The fourth-order valence-corrected chi connectivity index (χ4v) is 4.03. The van der Waals surface area contributed by atoms with Crippen molar-refractivity contribution in [2.75, 3.05) is 38.3 Å². The number of benzene rings is 2. The molecule has 2 aromatic heterocycles. The van der Waals surface area contributed by atoms with Crippen LogP contribution < -0.4 is 28.6 Å². The molecule has 0 aliphatic rings. The molecule has 4 rings (SSSR count). The summed E-state index contributed by atoms with van der Waals surface area (Å²) < 4.78 is 14.9. The summed E-state index contributed by atoms with van der Waals surface area (Å²) in [5, 5.41) is 12.8. The van der Waals surface area contributed by atoms with Crippen LogP contribution in [-0.4, -0.2) is 40.7 Å². The number of hydrogen-bond donors (Lipinski definition) is 0. The number of nitrogens with zero attached hydrogens (tertiary/aromatic N) is 6. The number of hydrazone groups is 2. The van der Waals surface area contributed by atoms with E-state index in [1.807, 2.05) is 85.1 Å². The van der Waals surface area contributed by atoms with Crippen LogP contribution in [0, 0.1) is 0 Å². The van der Waals surface area contributed by atoms with Crippen LogP contribution in [0.15, 0.2) is 108 Å². The molecule has 0 fully saturated rings. The minimum Gasteiger partial charge on any atom is -0.497 e. The fourth-order valence-electron chi connectivity index (χ4n) is 4.03. The molecule has 0 saturated heterocycles. The Balaban J connectivity index is 1.18. The maximum Gasteiger partial charge on any atom is 0.169 e. The van der Waals surface area contributed by atoms with Crippen molar-refractivity contribution in [3.63, 3.8) is 0 Å². The van der Waals surface area contributed by atoms with Crippen molar-refractivity contribution in [3.05, 3.63) is 109 Å². The summed E-state index contributed by atoms with van der Waals surface area (Å²) >= 11 is 0. The van der Waals surface area contributed by atoms with Crippen molar-refractivity contribution in [2.45, 2.75) is 25.9 Å². The number of anilines is 2. The third-order valence-electron chi connectivity index (χ3n) is 6.57. The van der Waals surface area contributed by atoms with E-state index < -0.39 is 0 Å². The Bertz CT molecular complexity index is 1260. The van der Waals surface area contributed by atoms with Crippen molar-refractivity contribution in [1.82, 2.24) is 0 Å². The first-order chi connectivity index (χ1) is 19.5. The Hall–Kier alpha value is -4.72. The number of aromatic nitrogens is 2. The molecule has 0 saturated carbocycles. The third-order valence-corrected chi connectivity index (χ3v) is 6.57. The molecule has 2 aromatic carbocycles. The molecule has 0 N–H and O–H groups in total. The van der Waals surface area contributed by atoms with E-state index in [-0.39, 0.29) is 0 Å². The number of hydrogen-bond acceptors (Lipinski definition) is 6. The summed E-state index contributed by atoms with van der Waals surface area (Å²) in [6.07, 6.45) is 14.4. The monoisotopic (exact) mass is 538 g/mol. The second-order valence-electron chi connectivity index (χ2n) is 9.38. The van der Waals surface area contributed by atoms with Crippen LogP contribution in [0.2, 0.25) is 0 Å². The Morgan fingerprint density at radius 3 is 1.25 bits per heavy atom. The normalized spacial score (nSPS) is 11.2. The summed E-state index contributed by atoms with van der Waals surface area (Å²) in [5.41, 5.74) is 4.12. The van der Waals surface area contributed by atoms with Crippen LogP contribution in [0.5, 0.6) is 11.5 Å². The van der Waals surface area contributed by atoms with E-state index in [0.717, 1.165) is 59.9 Å². The number of unbranched alkanes of at least 4 members (excludes halogenated alkanes) is 1. The Morgan fingerprint density at radius 1 is 0.575 bits per heavy atom. The van der Waals surface area contributed by atoms with Gasteiger partial charge < -0.3 is 9.47 Å². The summed E-state index contributed by atoms with van der Waals surface area (Å²) in [5.74, 6) is 1.67. The molecule has 0 unspecified atom stereocenters. The van der Waals surface area contributed by atoms with E-state index in [1.54, 1.807) is 14.2 Å². The molecule has 0 amide bonds. The number of rotatable bonds is 13. The topological polar surface area (TPSA) is 57.4 Å². The van der Waals surface area contributed by atoms with Gasteiger partial charge in [0.1, 0.15) is 24.6 Å². The molecule has 0 aliphatic heterocycles. The minimum atomic E-state index is 0.834. The molecule has 0 atom stereocenters. The first kappa shape index (κ1) is 28.3. The number of pyridine rings is 2. The Labute approximate surface area is 237 Å². The first-order valence-corrected chi connectivity index (χ1v) is 13.4. The van der Waals surface area contributed by atoms with E-state index in [4.69, 9.17) is 9.47 Å². The van der Waals surface area contributed by atoms with Crippen molar-refractivity contribution < 1.29 is 18.6 Å². The third kappa shape index (κ3) is 8.39. The van der Waals surface area contributed by atoms with Crippen LogP contribution in [0.3, 0.4) is 0 Å². The smallest absolute Gasteiger partial charge is 0.169 e. The quantitative estimate of drug-likeness (QED) is 0.107. The van der Waals surface area contributed by atoms with Gasteiger partial charge in [-0.1, -0.05) is 0 Å². The predicted octanol–water partition coefficient (Wildman–Crippen LogP) is 4.70. The SMILES string of the molecule is COc1ccc(N(C)/N=C/c2cc[n+](CCCC[n+]3ccc(/C=N/N(C)c4ccc(OC)cc4)cc3)cc2)cc1. The van der Waals surface area contributed by atoms with Gasteiger partial charge in [0.25, 0.3) is 0 Å². The van der Waals surface area contributed by atoms with Gasteiger partial charge in [0, 0.05) is 62.3 Å². The number of ether oxygens (including phenoxy) is 2. The molecular formula is C32H38N6O2+2. The summed E-state index contributed by atoms with van der Waals surface area (Å²) in [4.78, 5) is 0. The average molecular weight is 539 g/mol. The molecule has 8 heteroatoms. The minimum absolute atomic E-state index is 0.834. The van der Waals surface area contributed by atoms with Crippen LogP contribution in [0.1, 0.15) is 24.0 Å². The van der Waals surface area contributed by atoms with Gasteiger partial charge in [-0.3, -0.25) is 10.0 Å². The van der Waals surface area contributed by atoms with Crippen molar-refractivity contribution in [3.8, 4) is 11.5 Å². The fraction of sp³-hybridized carbons (Fsp3) is 0.250. The molecule has 0 bridgehead atoms. The zero-order chi connectivity index (χ0) is 28.2. The van der Waals surface area contributed by atoms with Gasteiger partial charge in [0.05, 0.1) is 38.0 Å². The summed E-state index contributed by atoms with van der Waals surface area (Å²) in [6.45, 7) is 1.96. The van der Waals surface area contributed by atoms with E-state index in [2.05, 4.69) is 68.4 Å². The Kier molecular flexibility index (Phi) is 10.2. The molecule has 0 aliphatic carbocycles. The molecular weight excluding hydrogens is 500 g/mol. The van der Waals surface area contributed by atoms with E-state index >= 15 is 0 Å². The van der Waals surface area contributed by atoms with Gasteiger partial charge in [-0.15, -0.1) is 0 Å². The van der Waals surface area contributed by atoms with Crippen molar-refractivity contribution in [2.24, 2.45) is 10.2 Å². The second-order valence-corrected chi connectivity index (χ2v) is 9.38. The van der Waals surface area contributed by atoms with E-state index in [0.29, 0.717) is 0 Å². The lowest BCUT2D eigenvalue weighted by Gasteiger charge is -2.13. The number of methoxy groups -OCH3 is 2. The highest BCUT2D eigenvalue weighted by Crippen LogP contribution is 2.19. The van der Waals surface area contributed by atoms with Gasteiger partial charge in [0.2, 0.25) is 0 Å². The van der Waals surface area contributed by atoms with Crippen LogP contribution >= 0.6 is 0 Å². The highest BCUT2D eigenvalue weighted by Gasteiger charge is 2.05. The van der Waals surface area contributed by atoms with E-state index in [1.165, 1.54) is 0 Å². The largest absolute Gasteiger partial charge is 0.497 e. The standard InChI is InChI=1S/C32H38N6O2/c1-35(29-7-11-31(39-3)12-8-29)33-25-27-15-21-37(22-16-27)19-5-6-20-38-23-17-28(18-24-38)26-34-36(2)30-9-13-32(40-4)14-10-30/h7-18,21-26H,5-6,19-20H2,1-4H3/q+2. The van der Waals surface area contributed by atoms with Gasteiger partial charge in [-0.25, -0.2) is 9.13 Å². The Morgan fingerprint density at radius 2 is 0.925 bits per heavy atom. The molecule has 2 heterocycles. The van der Waals surface area contributed by atoms with Crippen LogP contribution in [0.25, 0.3) is 0 Å². The van der Waals surface area contributed by atoms with Gasteiger partial charge >= 0.3 is 0 Å². The molecule has 4 aromatic rings. The average Bonchev–Trinajstić information content (AvgIpc) is 3.02. The molecule has 0 spiro atoms. The van der Waals surface area contributed by atoms with Gasteiger partial charge in [-0.05, 0) is 48.5 Å². The van der Waals surface area contributed by atoms with Crippen molar-refractivity contribution in [1.29, 1.82) is 0 Å². The zero-order valence-electron chi connectivity index (χ0n) is 23.7. The lowest BCUT2D eigenvalue weighted by molar-refractivity contribution is -0.708. The second kappa shape index (κ2) is 14.4. The number of aryl methyl sites for hydroxylation is 2. The zero-order valence-corrected chi connectivity index (χ0v) is 23.7. The summed E-state index contributed by atoms with van der Waals surface area (Å²) in [6, 6.07) is 24.0. The van der Waals surface area contributed by atoms with E-state index in [9.17, 15) is 0 Å². The maximum atomic E-state index is 5.21. The highest BCUT2D eigenvalue weighted by molar-refractivity contribution is 5.80. The van der Waals surface area contributed by atoms with Crippen LogP contribution in [-0.2, 0) is 13.1 Å². The lowest BCUT2D eigenvalue weighted by atomic mass is 10.2. The van der Waals surface area contributed by atoms with Gasteiger partial charge in [0.15, 0.2) is 24.8 Å². The maximum absolute atomic E-state index is 5.21.